The summed E-state index contributed by atoms with van der Waals surface area (Å²) in [5.74, 6) is 0.719. The van der Waals surface area contributed by atoms with Gasteiger partial charge >= 0.3 is 5.97 Å². The van der Waals surface area contributed by atoms with Crippen molar-refractivity contribution in [3.8, 4) is 0 Å². The molecule has 1 aliphatic rings. The molecule has 24 heavy (non-hydrogen) atoms. The average Bonchev–Trinajstić information content (AvgIpc) is 3.25. The molecule has 1 fully saturated rings. The van der Waals surface area contributed by atoms with Crippen LogP contribution >= 0.6 is 0 Å². The number of hydrogen-bond acceptors (Lipinski definition) is 3. The lowest BCUT2D eigenvalue weighted by molar-refractivity contribution is -0.148. The van der Waals surface area contributed by atoms with Crippen molar-refractivity contribution in [1.29, 1.82) is 0 Å². The maximum absolute atomic E-state index is 11.8. The summed E-state index contributed by atoms with van der Waals surface area (Å²) in [6.07, 6.45) is 9.84. The Kier molecular flexibility index (Phi) is 8.21. The normalized spacial score (nSPS) is 15.5. The molecule has 0 atom stereocenters. The maximum Gasteiger partial charge on any atom is 0.306 e. The number of hydrogen-bond donors (Lipinski definition) is 2. The standard InChI is InChI=1S/C18H30N4O2/c1-2-19-18(21-12-15-22-13-5-6-14-22)20-11-7-10-17(23)24-16-8-3-4-9-16/h5-6,13-14,16H,2-4,7-12,15H2,1H3,(H2,19,20,21). The Labute approximate surface area is 144 Å². The molecule has 1 aromatic heterocycles. The van der Waals surface area contributed by atoms with Gasteiger partial charge in [0.15, 0.2) is 5.96 Å². The zero-order valence-corrected chi connectivity index (χ0v) is 14.7. The van der Waals surface area contributed by atoms with Crippen molar-refractivity contribution >= 4 is 11.9 Å². The Morgan fingerprint density at radius 3 is 2.71 bits per heavy atom. The lowest BCUT2D eigenvalue weighted by Crippen LogP contribution is -2.38. The van der Waals surface area contributed by atoms with Crippen LogP contribution in [0.5, 0.6) is 0 Å². The van der Waals surface area contributed by atoms with Crippen molar-refractivity contribution in [3.05, 3.63) is 24.5 Å². The van der Waals surface area contributed by atoms with Crippen molar-refractivity contribution in [2.24, 2.45) is 4.99 Å². The summed E-state index contributed by atoms with van der Waals surface area (Å²) >= 11 is 0. The van der Waals surface area contributed by atoms with Crippen LogP contribution in [0.15, 0.2) is 29.5 Å². The molecule has 134 valence electrons. The highest BCUT2D eigenvalue weighted by atomic mass is 16.5. The molecule has 0 bridgehead atoms. The first-order chi connectivity index (χ1) is 11.8. The molecule has 0 amide bonds. The van der Waals surface area contributed by atoms with Crippen molar-refractivity contribution in [2.45, 2.75) is 58.1 Å². The van der Waals surface area contributed by atoms with Crippen LogP contribution in [-0.4, -0.2) is 42.2 Å². The first kappa shape index (κ1) is 18.4. The molecular formula is C18H30N4O2. The predicted octanol–water partition coefficient (Wildman–Crippen LogP) is 2.31. The zero-order chi connectivity index (χ0) is 17.0. The second kappa shape index (κ2) is 10.7. The molecule has 2 rings (SSSR count). The number of nitrogens with zero attached hydrogens (tertiary/aromatic N) is 2. The van der Waals surface area contributed by atoms with Crippen molar-refractivity contribution in [1.82, 2.24) is 15.2 Å². The van der Waals surface area contributed by atoms with E-state index in [9.17, 15) is 4.79 Å². The summed E-state index contributed by atoms with van der Waals surface area (Å²) in [6.45, 7) is 5.19. The summed E-state index contributed by atoms with van der Waals surface area (Å²) in [5, 5.41) is 6.53. The van der Waals surface area contributed by atoms with E-state index >= 15 is 0 Å². The van der Waals surface area contributed by atoms with Crippen molar-refractivity contribution in [3.63, 3.8) is 0 Å². The van der Waals surface area contributed by atoms with Crippen LogP contribution in [-0.2, 0) is 16.1 Å². The number of esters is 1. The van der Waals surface area contributed by atoms with E-state index in [-0.39, 0.29) is 12.1 Å². The third kappa shape index (κ3) is 7.06. The van der Waals surface area contributed by atoms with Gasteiger partial charge in [-0.05, 0) is 51.2 Å². The lowest BCUT2D eigenvalue weighted by Gasteiger charge is -2.12. The molecule has 2 N–H and O–H groups in total. The highest BCUT2D eigenvalue weighted by molar-refractivity contribution is 5.79. The summed E-state index contributed by atoms with van der Waals surface area (Å²) < 4.78 is 7.57. The fraction of sp³-hybridized carbons (Fsp3) is 0.667. The van der Waals surface area contributed by atoms with Crippen LogP contribution in [0, 0.1) is 0 Å². The SMILES string of the molecule is CCNC(=NCCCC(=O)OC1CCCC1)NCCn1cccc1. The summed E-state index contributed by atoms with van der Waals surface area (Å²) in [6, 6.07) is 4.04. The Hall–Kier alpha value is -1.98. The van der Waals surface area contributed by atoms with Gasteiger partial charge in [-0.1, -0.05) is 0 Å². The minimum atomic E-state index is -0.0809. The topological polar surface area (TPSA) is 67.7 Å². The molecule has 6 nitrogen and oxygen atoms in total. The quantitative estimate of drug-likeness (QED) is 0.315. The fourth-order valence-corrected chi connectivity index (χ4v) is 2.83. The molecule has 1 heterocycles. The van der Waals surface area contributed by atoms with Crippen LogP contribution in [0.2, 0.25) is 0 Å². The first-order valence-electron chi connectivity index (χ1n) is 9.10. The molecule has 0 spiro atoms. The largest absolute Gasteiger partial charge is 0.462 e. The van der Waals surface area contributed by atoms with Crippen LogP contribution in [0.25, 0.3) is 0 Å². The first-order valence-corrected chi connectivity index (χ1v) is 9.10. The van der Waals surface area contributed by atoms with Crippen LogP contribution in [0.3, 0.4) is 0 Å². The summed E-state index contributed by atoms with van der Waals surface area (Å²) in [5.41, 5.74) is 0. The van der Waals surface area contributed by atoms with Gasteiger partial charge in [-0.2, -0.15) is 0 Å². The maximum atomic E-state index is 11.8. The molecule has 0 radical (unpaired) electrons. The number of aromatic nitrogens is 1. The van der Waals surface area contributed by atoms with Crippen LogP contribution in [0.4, 0.5) is 0 Å². The van der Waals surface area contributed by atoms with E-state index in [4.69, 9.17) is 4.74 Å². The molecule has 0 saturated heterocycles. The van der Waals surface area contributed by atoms with Crippen LogP contribution < -0.4 is 10.6 Å². The third-order valence-corrected chi connectivity index (χ3v) is 4.08. The molecule has 1 aliphatic carbocycles. The Balaban J connectivity index is 1.61. The van der Waals surface area contributed by atoms with Crippen LogP contribution in [0.1, 0.15) is 45.4 Å². The molecule has 0 aromatic carbocycles. The van der Waals surface area contributed by atoms with E-state index in [0.717, 1.165) is 44.9 Å². The van der Waals surface area contributed by atoms with Gasteiger partial charge in [0, 0.05) is 45.0 Å². The molecule has 0 aliphatic heterocycles. The minimum absolute atomic E-state index is 0.0809. The lowest BCUT2D eigenvalue weighted by atomic mass is 10.3. The number of nitrogens with one attached hydrogen (secondary N) is 2. The number of ether oxygens (including phenoxy) is 1. The van der Waals surface area contributed by atoms with Crippen molar-refractivity contribution in [2.75, 3.05) is 19.6 Å². The molecule has 1 aromatic rings. The van der Waals surface area contributed by atoms with E-state index < -0.39 is 0 Å². The number of rotatable bonds is 9. The van der Waals surface area contributed by atoms with Gasteiger partial charge in [-0.15, -0.1) is 0 Å². The number of carbonyl (C=O) groups excluding carboxylic acids is 1. The van der Waals surface area contributed by atoms with E-state index in [1.54, 1.807) is 0 Å². The van der Waals surface area contributed by atoms with E-state index in [2.05, 4.69) is 20.2 Å². The van der Waals surface area contributed by atoms with Gasteiger partial charge in [0.1, 0.15) is 6.10 Å². The molecular weight excluding hydrogens is 304 g/mol. The number of guanidine groups is 1. The van der Waals surface area contributed by atoms with Gasteiger partial charge in [0.2, 0.25) is 0 Å². The van der Waals surface area contributed by atoms with Gasteiger partial charge < -0.3 is 19.9 Å². The smallest absolute Gasteiger partial charge is 0.306 e. The van der Waals surface area contributed by atoms with E-state index in [1.165, 1.54) is 12.8 Å². The zero-order valence-electron chi connectivity index (χ0n) is 14.7. The number of carbonyl (C=O) groups is 1. The Bertz CT molecular complexity index is 493. The van der Waals surface area contributed by atoms with Gasteiger partial charge in [-0.3, -0.25) is 9.79 Å². The second-order valence-corrected chi connectivity index (χ2v) is 6.11. The Morgan fingerprint density at radius 1 is 1.25 bits per heavy atom. The summed E-state index contributed by atoms with van der Waals surface area (Å²) in [7, 11) is 0. The van der Waals surface area contributed by atoms with E-state index in [0.29, 0.717) is 13.0 Å². The number of aliphatic imine (C=N–C) groups is 1. The van der Waals surface area contributed by atoms with Gasteiger partial charge in [0.25, 0.3) is 0 Å². The van der Waals surface area contributed by atoms with Gasteiger partial charge in [-0.25, -0.2) is 0 Å². The highest BCUT2D eigenvalue weighted by Crippen LogP contribution is 2.21. The minimum Gasteiger partial charge on any atom is -0.462 e. The van der Waals surface area contributed by atoms with E-state index in [1.807, 2.05) is 31.5 Å². The highest BCUT2D eigenvalue weighted by Gasteiger charge is 2.18. The molecule has 6 heteroatoms. The molecule has 1 saturated carbocycles. The predicted molar refractivity (Wildman–Crippen MR) is 96.0 cm³/mol. The fourth-order valence-electron chi connectivity index (χ4n) is 2.83. The summed E-state index contributed by atoms with van der Waals surface area (Å²) in [4.78, 5) is 16.3. The second-order valence-electron chi connectivity index (χ2n) is 6.11. The van der Waals surface area contributed by atoms with Gasteiger partial charge in [0.05, 0.1) is 0 Å². The monoisotopic (exact) mass is 334 g/mol. The average molecular weight is 334 g/mol. The Morgan fingerprint density at radius 2 is 2.00 bits per heavy atom. The van der Waals surface area contributed by atoms with Crippen molar-refractivity contribution < 1.29 is 9.53 Å². The molecule has 0 unspecified atom stereocenters. The third-order valence-electron chi connectivity index (χ3n) is 4.08.